The number of nitrogens with two attached hydrogens (primary N) is 1. The van der Waals surface area contributed by atoms with Crippen molar-refractivity contribution in [2.75, 3.05) is 16.0 Å². The van der Waals surface area contributed by atoms with Gasteiger partial charge in [0, 0.05) is 27.4 Å². The molecule has 0 bridgehead atoms. The molecule has 1 aliphatic heterocycles. The number of amides is 2. The number of carboxylic acid groups (broad SMARTS) is 1. The van der Waals surface area contributed by atoms with Crippen LogP contribution in [0.4, 0.5) is 35.3 Å². The summed E-state index contributed by atoms with van der Waals surface area (Å²) in [4.78, 5) is 44.7. The maximum Gasteiger partial charge on any atom is 0.491 e. The second-order valence-electron chi connectivity index (χ2n) is 8.21. The highest BCUT2D eigenvalue weighted by Gasteiger charge is 2.58. The van der Waals surface area contributed by atoms with Gasteiger partial charge >= 0.3 is 18.2 Å². The van der Waals surface area contributed by atoms with Crippen LogP contribution in [0.5, 0.6) is 0 Å². The number of alkyl halides is 3. The summed E-state index contributed by atoms with van der Waals surface area (Å²) in [6.07, 6.45) is -6.82. The lowest BCUT2D eigenvalue weighted by molar-refractivity contribution is -0.211. The number of esters is 1. The van der Waals surface area contributed by atoms with E-state index in [0.29, 0.717) is 0 Å². The molecule has 1 aliphatic rings. The molecule has 1 aromatic heterocycles. The van der Waals surface area contributed by atoms with E-state index in [4.69, 9.17) is 27.2 Å². The number of nitrogens with zero attached hydrogens (tertiary/aromatic N) is 2. The first-order valence-corrected chi connectivity index (χ1v) is 11.1. The predicted molar refractivity (Wildman–Crippen MR) is 130 cm³/mol. The molecular weight excluding hydrogens is 531 g/mol. The fourth-order valence-electron chi connectivity index (χ4n) is 4.39. The normalized spacial score (nSPS) is 16.9. The molecule has 0 saturated carbocycles. The van der Waals surface area contributed by atoms with Crippen molar-refractivity contribution in [2.45, 2.75) is 11.9 Å². The number of carbonyl (C=O) groups excluding carboxylic acids is 2. The molecule has 0 aliphatic carbocycles. The number of hydrogen-bond donors (Lipinski definition) is 4. The number of hydrogen-bond acceptors (Lipinski definition) is 6. The van der Waals surface area contributed by atoms with Gasteiger partial charge in [-0.2, -0.15) is 13.2 Å². The van der Waals surface area contributed by atoms with Crippen LogP contribution in [-0.4, -0.2) is 39.2 Å². The highest BCUT2D eigenvalue weighted by Crippen LogP contribution is 2.49. The fourth-order valence-corrected chi connectivity index (χ4v) is 4.63. The summed E-state index contributed by atoms with van der Waals surface area (Å²) in [5.74, 6) is -3.50. The monoisotopic (exact) mass is 545 g/mol. The van der Waals surface area contributed by atoms with E-state index in [1.807, 2.05) is 5.32 Å². The van der Waals surface area contributed by atoms with Gasteiger partial charge in [-0.3, -0.25) is 15.0 Å². The quantitative estimate of drug-likeness (QED) is 0.211. The smallest absolute Gasteiger partial charge is 0.465 e. The van der Waals surface area contributed by atoms with Gasteiger partial charge in [-0.25, -0.2) is 14.6 Å². The zero-order chi connectivity index (χ0) is 27.4. The summed E-state index contributed by atoms with van der Waals surface area (Å²) in [5.41, 5.74) is 3.77. The molecule has 1 atom stereocenters. The van der Waals surface area contributed by atoms with Gasteiger partial charge in [0.1, 0.15) is 0 Å². The average molecular weight is 546 g/mol. The lowest BCUT2D eigenvalue weighted by Crippen LogP contribution is -2.50. The van der Waals surface area contributed by atoms with Crippen LogP contribution in [0.3, 0.4) is 0 Å². The summed E-state index contributed by atoms with van der Waals surface area (Å²) < 4.78 is 46.0. The highest BCUT2D eigenvalue weighted by atomic mass is 35.5. The molecule has 0 radical (unpaired) electrons. The van der Waals surface area contributed by atoms with Crippen molar-refractivity contribution in [2.24, 2.45) is 0 Å². The van der Waals surface area contributed by atoms with E-state index < -0.39 is 29.9 Å². The Labute approximate surface area is 215 Å². The zero-order valence-corrected chi connectivity index (χ0v) is 19.6. The van der Waals surface area contributed by atoms with Crippen LogP contribution < -0.4 is 16.0 Å². The number of imidazole rings is 1. The molecule has 5 rings (SSSR count). The Balaban J connectivity index is 1.82. The van der Waals surface area contributed by atoms with E-state index in [1.54, 1.807) is 0 Å². The minimum Gasteiger partial charge on any atom is -0.465 e. The van der Waals surface area contributed by atoms with E-state index in [-0.39, 0.29) is 50.1 Å². The Morgan fingerprint density at radius 2 is 1.87 bits per heavy atom. The van der Waals surface area contributed by atoms with Crippen molar-refractivity contribution < 1.29 is 37.4 Å². The lowest BCUT2D eigenvalue weighted by atomic mass is 9.92. The van der Waals surface area contributed by atoms with Crippen LogP contribution in [0.15, 0.2) is 60.7 Å². The molecular formula is C24H15ClF3N5O5. The van der Waals surface area contributed by atoms with E-state index >= 15 is 0 Å². The van der Waals surface area contributed by atoms with Gasteiger partial charge in [0.15, 0.2) is 0 Å². The number of nitrogens with one attached hydrogen (secondary N) is 2. The Hall–Kier alpha value is -4.78. The van der Waals surface area contributed by atoms with Crippen LogP contribution in [0.1, 0.15) is 21.5 Å². The average Bonchev–Trinajstić information content (AvgIpc) is 3.33. The van der Waals surface area contributed by atoms with Gasteiger partial charge in [0.2, 0.25) is 11.7 Å². The third-order valence-corrected chi connectivity index (χ3v) is 5.99. The Kier molecular flexibility index (Phi) is 5.67. The van der Waals surface area contributed by atoms with Crippen molar-refractivity contribution in [3.63, 3.8) is 0 Å². The number of halogens is 4. The van der Waals surface area contributed by atoms with Crippen LogP contribution in [-0.2, 0) is 15.3 Å². The van der Waals surface area contributed by atoms with Crippen molar-refractivity contribution in [1.82, 2.24) is 9.97 Å². The minimum atomic E-state index is -5.41. The Bertz CT molecular complexity index is 1620. The fraction of sp³-hybridized carbons (Fsp3) is 0.0833. The van der Waals surface area contributed by atoms with Gasteiger partial charge in [0.05, 0.1) is 16.7 Å². The SMILES string of the molecule is Nc1cc(Cl)cc(N2C(=O)c3ccccc3C2(OC(=O)C(F)(F)F)c2ccc3nc(NC(=O)O)[nH]c3c2)c1. The summed E-state index contributed by atoms with van der Waals surface area (Å²) >= 11 is 6.15. The van der Waals surface area contributed by atoms with Gasteiger partial charge < -0.3 is 20.6 Å². The number of H-pyrrole nitrogens is 1. The molecule has 1 unspecified atom stereocenters. The molecule has 2 heterocycles. The van der Waals surface area contributed by atoms with Crippen LogP contribution >= 0.6 is 11.6 Å². The number of ether oxygens (including phenoxy) is 1. The first-order valence-electron chi connectivity index (χ1n) is 10.7. The lowest BCUT2D eigenvalue weighted by Gasteiger charge is -2.39. The van der Waals surface area contributed by atoms with E-state index in [9.17, 15) is 27.6 Å². The molecule has 0 fully saturated rings. The molecule has 5 N–H and O–H groups in total. The van der Waals surface area contributed by atoms with Crippen molar-refractivity contribution in [3.8, 4) is 0 Å². The maximum absolute atomic E-state index is 13.7. The second-order valence-corrected chi connectivity index (χ2v) is 8.64. The number of rotatable bonds is 4. The van der Waals surface area contributed by atoms with Gasteiger partial charge in [-0.05, 0) is 36.4 Å². The summed E-state index contributed by atoms with van der Waals surface area (Å²) in [7, 11) is 0. The third kappa shape index (κ3) is 4.02. The van der Waals surface area contributed by atoms with Gasteiger partial charge in [0.25, 0.3) is 5.91 Å². The largest absolute Gasteiger partial charge is 0.491 e. The minimum absolute atomic E-state index is 0.0287. The van der Waals surface area contributed by atoms with Gasteiger partial charge in [-0.1, -0.05) is 35.9 Å². The highest BCUT2D eigenvalue weighted by molar-refractivity contribution is 6.31. The summed E-state index contributed by atoms with van der Waals surface area (Å²) in [6, 6.07) is 13.7. The van der Waals surface area contributed by atoms with E-state index in [2.05, 4.69) is 9.97 Å². The molecule has 38 heavy (non-hydrogen) atoms. The number of aromatic amines is 1. The summed E-state index contributed by atoms with van der Waals surface area (Å²) in [6.45, 7) is 0. The Morgan fingerprint density at radius 3 is 2.55 bits per heavy atom. The number of benzene rings is 3. The topological polar surface area (TPSA) is 151 Å². The first kappa shape index (κ1) is 24.9. The van der Waals surface area contributed by atoms with Crippen LogP contribution in [0.2, 0.25) is 5.02 Å². The second kappa shape index (κ2) is 8.66. The maximum atomic E-state index is 13.7. The van der Waals surface area contributed by atoms with Crippen molar-refractivity contribution in [1.29, 1.82) is 0 Å². The molecule has 0 saturated heterocycles. The number of fused-ring (bicyclic) bond motifs is 2. The zero-order valence-electron chi connectivity index (χ0n) is 18.8. The Morgan fingerprint density at radius 1 is 1.13 bits per heavy atom. The third-order valence-electron chi connectivity index (χ3n) is 5.77. The molecule has 3 aromatic carbocycles. The van der Waals surface area contributed by atoms with E-state index in [1.165, 1.54) is 60.7 Å². The first-order chi connectivity index (χ1) is 17.9. The molecule has 194 valence electrons. The standard InChI is InChI=1S/C24H15ClF3N5O5/c25-12-8-13(29)10-14(9-12)33-19(34)15-3-1-2-4-16(15)23(33,38-20(35)24(26,27)28)11-5-6-17-18(7-11)31-21(30-17)32-22(36)37/h1-10H,29H2,(H,36,37)(H2,30,31,32). The molecule has 0 spiro atoms. The number of nitrogen functional groups attached to an aromatic ring is 1. The van der Waals surface area contributed by atoms with Crippen molar-refractivity contribution >= 4 is 57.9 Å². The molecule has 2 amide bonds. The van der Waals surface area contributed by atoms with Crippen LogP contribution in [0.25, 0.3) is 11.0 Å². The molecule has 10 nitrogen and oxygen atoms in total. The summed E-state index contributed by atoms with van der Waals surface area (Å²) in [5, 5.41) is 11.1. The van der Waals surface area contributed by atoms with Crippen LogP contribution in [0, 0.1) is 0 Å². The number of aromatic nitrogens is 2. The van der Waals surface area contributed by atoms with Gasteiger partial charge in [-0.15, -0.1) is 0 Å². The molecule has 14 heteroatoms. The number of anilines is 3. The van der Waals surface area contributed by atoms with Crippen molar-refractivity contribution in [3.05, 3.63) is 82.4 Å². The molecule has 4 aromatic rings. The predicted octanol–water partition coefficient (Wildman–Crippen LogP) is 4.86. The number of carbonyl (C=O) groups is 3. The van der Waals surface area contributed by atoms with E-state index in [0.717, 1.165) is 4.90 Å².